The second-order valence-electron chi connectivity index (χ2n) is 7.13. The van der Waals surface area contributed by atoms with Gasteiger partial charge in [0.25, 0.3) is 0 Å². The summed E-state index contributed by atoms with van der Waals surface area (Å²) in [6, 6.07) is 1.16. The van der Waals surface area contributed by atoms with Crippen LogP contribution >= 0.6 is 24.0 Å². The molecule has 1 saturated carbocycles. The van der Waals surface area contributed by atoms with Gasteiger partial charge in [-0.2, -0.15) is 0 Å². The van der Waals surface area contributed by atoms with E-state index in [2.05, 4.69) is 46.4 Å². The molecule has 0 amide bonds. The van der Waals surface area contributed by atoms with Gasteiger partial charge in [0.05, 0.1) is 0 Å². The van der Waals surface area contributed by atoms with E-state index in [-0.39, 0.29) is 24.0 Å². The van der Waals surface area contributed by atoms with Crippen molar-refractivity contribution in [2.45, 2.75) is 51.1 Å². The average Bonchev–Trinajstić information content (AvgIpc) is 2.54. The zero-order chi connectivity index (χ0) is 15.9. The number of rotatable bonds is 4. The van der Waals surface area contributed by atoms with Crippen LogP contribution in [-0.4, -0.2) is 75.2 Å². The Kier molecular flexibility index (Phi) is 9.77. The van der Waals surface area contributed by atoms with Gasteiger partial charge in [-0.05, 0) is 32.9 Å². The summed E-state index contributed by atoms with van der Waals surface area (Å²) in [6.45, 7) is 6.72. The van der Waals surface area contributed by atoms with Crippen LogP contribution in [0.5, 0.6) is 0 Å². The van der Waals surface area contributed by atoms with Gasteiger partial charge in [0.15, 0.2) is 5.96 Å². The Morgan fingerprint density at radius 3 is 2.70 bits per heavy atom. The molecule has 1 heterocycles. The fraction of sp³-hybridized carbons (Fsp3) is 0.941. The SMILES string of the molecule is CCC1CCCC(NC(=NC)NCC2CN(C)CCN2C)C1.I. The second kappa shape index (κ2) is 10.7. The van der Waals surface area contributed by atoms with Crippen LogP contribution in [0.15, 0.2) is 4.99 Å². The molecule has 1 aliphatic heterocycles. The van der Waals surface area contributed by atoms with Crippen molar-refractivity contribution in [1.29, 1.82) is 0 Å². The predicted molar refractivity (Wildman–Crippen MR) is 110 cm³/mol. The lowest BCUT2D eigenvalue weighted by molar-refractivity contribution is 0.116. The fourth-order valence-corrected chi connectivity index (χ4v) is 3.72. The molecule has 2 aliphatic rings. The van der Waals surface area contributed by atoms with Crippen molar-refractivity contribution in [3.05, 3.63) is 0 Å². The number of aliphatic imine (C=N–C) groups is 1. The van der Waals surface area contributed by atoms with E-state index >= 15 is 0 Å². The summed E-state index contributed by atoms with van der Waals surface area (Å²) in [5, 5.41) is 7.18. The largest absolute Gasteiger partial charge is 0.355 e. The number of hydrogen-bond donors (Lipinski definition) is 2. The van der Waals surface area contributed by atoms with Gasteiger partial charge < -0.3 is 15.5 Å². The van der Waals surface area contributed by atoms with Crippen molar-refractivity contribution in [2.24, 2.45) is 10.9 Å². The third-order valence-corrected chi connectivity index (χ3v) is 5.41. The molecule has 5 nitrogen and oxygen atoms in total. The summed E-state index contributed by atoms with van der Waals surface area (Å²) in [6.07, 6.45) is 6.64. The topological polar surface area (TPSA) is 42.9 Å². The molecule has 1 saturated heterocycles. The molecule has 2 N–H and O–H groups in total. The van der Waals surface area contributed by atoms with Crippen molar-refractivity contribution >= 4 is 29.9 Å². The Morgan fingerprint density at radius 2 is 2.00 bits per heavy atom. The lowest BCUT2D eigenvalue weighted by atomic mass is 9.84. The second-order valence-corrected chi connectivity index (χ2v) is 7.13. The zero-order valence-corrected chi connectivity index (χ0v) is 17.7. The Labute approximate surface area is 159 Å². The molecule has 0 bridgehead atoms. The summed E-state index contributed by atoms with van der Waals surface area (Å²) < 4.78 is 0. The highest BCUT2D eigenvalue weighted by molar-refractivity contribution is 14.0. The van der Waals surface area contributed by atoms with E-state index in [9.17, 15) is 0 Å². The lowest BCUT2D eigenvalue weighted by Crippen LogP contribution is -2.56. The third-order valence-electron chi connectivity index (χ3n) is 5.41. The lowest BCUT2D eigenvalue weighted by Gasteiger charge is -2.38. The van der Waals surface area contributed by atoms with Crippen LogP contribution in [0.3, 0.4) is 0 Å². The first-order chi connectivity index (χ1) is 10.6. The van der Waals surface area contributed by atoms with Crippen LogP contribution in [0.2, 0.25) is 0 Å². The molecule has 1 aliphatic carbocycles. The van der Waals surface area contributed by atoms with Crippen molar-refractivity contribution in [3.8, 4) is 0 Å². The van der Waals surface area contributed by atoms with Gasteiger partial charge in [-0.15, -0.1) is 24.0 Å². The summed E-state index contributed by atoms with van der Waals surface area (Å²) in [7, 11) is 6.31. The van der Waals surface area contributed by atoms with E-state index in [1.165, 1.54) is 38.6 Å². The minimum absolute atomic E-state index is 0. The van der Waals surface area contributed by atoms with Crippen LogP contribution in [0.1, 0.15) is 39.0 Å². The number of nitrogens with zero attached hydrogens (tertiary/aromatic N) is 3. The highest BCUT2D eigenvalue weighted by Gasteiger charge is 2.24. The Bertz CT molecular complexity index is 363. The van der Waals surface area contributed by atoms with Gasteiger partial charge in [-0.25, -0.2) is 0 Å². The summed E-state index contributed by atoms with van der Waals surface area (Å²) >= 11 is 0. The van der Waals surface area contributed by atoms with Gasteiger partial charge in [0.1, 0.15) is 0 Å². The predicted octanol–water partition coefficient (Wildman–Crippen LogP) is 1.98. The third kappa shape index (κ3) is 6.74. The first-order valence-corrected chi connectivity index (χ1v) is 8.98. The van der Waals surface area contributed by atoms with Gasteiger partial charge in [-0.3, -0.25) is 9.89 Å². The maximum absolute atomic E-state index is 4.42. The van der Waals surface area contributed by atoms with E-state index in [0.29, 0.717) is 12.1 Å². The highest BCUT2D eigenvalue weighted by atomic mass is 127. The monoisotopic (exact) mass is 437 g/mol. The highest BCUT2D eigenvalue weighted by Crippen LogP contribution is 2.26. The fourth-order valence-electron chi connectivity index (χ4n) is 3.72. The van der Waals surface area contributed by atoms with E-state index in [1.54, 1.807) is 0 Å². The number of hydrogen-bond acceptors (Lipinski definition) is 3. The molecule has 0 aromatic heterocycles. The molecule has 3 unspecified atom stereocenters. The van der Waals surface area contributed by atoms with Crippen LogP contribution in [0.25, 0.3) is 0 Å². The molecule has 3 atom stereocenters. The number of piperazine rings is 1. The minimum Gasteiger partial charge on any atom is -0.355 e. The zero-order valence-electron chi connectivity index (χ0n) is 15.3. The van der Waals surface area contributed by atoms with Gasteiger partial charge in [0.2, 0.25) is 0 Å². The van der Waals surface area contributed by atoms with Crippen molar-refractivity contribution in [2.75, 3.05) is 47.3 Å². The van der Waals surface area contributed by atoms with Crippen molar-refractivity contribution in [1.82, 2.24) is 20.4 Å². The Morgan fingerprint density at radius 1 is 1.22 bits per heavy atom. The van der Waals surface area contributed by atoms with E-state index in [4.69, 9.17) is 0 Å². The standard InChI is InChI=1S/C17H35N5.HI/c1-5-14-7-6-8-15(11-14)20-17(18-2)19-12-16-13-21(3)9-10-22(16)4;/h14-16H,5-13H2,1-4H3,(H2,18,19,20);1H. The van der Waals surface area contributed by atoms with Crippen molar-refractivity contribution < 1.29 is 0 Å². The molecule has 2 fully saturated rings. The molecule has 0 spiro atoms. The molecule has 136 valence electrons. The summed E-state index contributed by atoms with van der Waals surface area (Å²) in [5.41, 5.74) is 0. The molecule has 2 rings (SSSR count). The number of nitrogens with one attached hydrogen (secondary N) is 2. The van der Waals surface area contributed by atoms with E-state index in [0.717, 1.165) is 31.5 Å². The Balaban J connectivity index is 0.00000264. The maximum atomic E-state index is 4.42. The number of halogens is 1. The van der Waals surface area contributed by atoms with Crippen LogP contribution in [0, 0.1) is 5.92 Å². The number of guanidine groups is 1. The molecule has 6 heteroatoms. The molecule has 0 radical (unpaired) electrons. The molecule has 23 heavy (non-hydrogen) atoms. The van der Waals surface area contributed by atoms with Crippen LogP contribution < -0.4 is 10.6 Å². The van der Waals surface area contributed by atoms with Gasteiger partial charge in [0, 0.05) is 45.3 Å². The average molecular weight is 437 g/mol. The van der Waals surface area contributed by atoms with Crippen LogP contribution in [0.4, 0.5) is 0 Å². The Hall–Kier alpha value is -0.0800. The van der Waals surface area contributed by atoms with Gasteiger partial charge in [-0.1, -0.05) is 26.2 Å². The first-order valence-electron chi connectivity index (χ1n) is 8.98. The summed E-state index contributed by atoms with van der Waals surface area (Å²) in [5.74, 6) is 1.87. The molecular formula is C17H36IN5. The first kappa shape index (κ1) is 21.0. The number of likely N-dealkylation sites (N-methyl/N-ethyl adjacent to an activating group) is 2. The smallest absolute Gasteiger partial charge is 0.191 e. The molecular weight excluding hydrogens is 401 g/mol. The minimum atomic E-state index is 0. The maximum Gasteiger partial charge on any atom is 0.191 e. The molecule has 0 aromatic rings. The van der Waals surface area contributed by atoms with Crippen LogP contribution in [-0.2, 0) is 0 Å². The normalized spacial score (nSPS) is 30.6. The van der Waals surface area contributed by atoms with E-state index < -0.39 is 0 Å². The quantitative estimate of drug-likeness (QED) is 0.401. The summed E-state index contributed by atoms with van der Waals surface area (Å²) in [4.78, 5) is 9.29. The van der Waals surface area contributed by atoms with E-state index in [1.807, 2.05) is 7.05 Å². The molecule has 0 aromatic carbocycles. The van der Waals surface area contributed by atoms with Crippen molar-refractivity contribution in [3.63, 3.8) is 0 Å². The van der Waals surface area contributed by atoms with Gasteiger partial charge >= 0.3 is 0 Å².